The molecule has 1 unspecified atom stereocenters. The van der Waals surface area contributed by atoms with Crippen LogP contribution >= 0.6 is 23.2 Å². The number of carboxylic acids is 1. The van der Waals surface area contributed by atoms with Crippen LogP contribution in [0.25, 0.3) is 11.1 Å². The van der Waals surface area contributed by atoms with Crippen LogP contribution in [0.4, 0.5) is 0 Å². The van der Waals surface area contributed by atoms with Gasteiger partial charge in [0.25, 0.3) is 0 Å². The number of aliphatic hydroxyl groups is 1. The van der Waals surface area contributed by atoms with Crippen molar-refractivity contribution in [2.24, 2.45) is 5.73 Å². The summed E-state index contributed by atoms with van der Waals surface area (Å²) in [6.07, 6.45) is 0.161. The molecule has 4 nitrogen and oxygen atoms in total. The highest BCUT2D eigenvalue weighted by atomic mass is 35.5. The van der Waals surface area contributed by atoms with Crippen LogP contribution in [0.15, 0.2) is 36.4 Å². The second-order valence-electron chi connectivity index (χ2n) is 4.94. The summed E-state index contributed by atoms with van der Waals surface area (Å²) in [5.74, 6) is -1.07. The van der Waals surface area contributed by atoms with Gasteiger partial charge < -0.3 is 15.9 Å². The first-order valence-electron chi connectivity index (χ1n) is 6.59. The first kappa shape index (κ1) is 16.8. The lowest BCUT2D eigenvalue weighted by atomic mass is 9.98. The van der Waals surface area contributed by atoms with Gasteiger partial charge in [-0.25, -0.2) is 0 Å². The number of benzene rings is 2. The number of hydrogen-bond acceptors (Lipinski definition) is 3. The molecular weight excluding hydrogens is 325 g/mol. The number of aliphatic carboxylic acids is 1. The van der Waals surface area contributed by atoms with E-state index in [1.54, 1.807) is 24.3 Å². The van der Waals surface area contributed by atoms with E-state index in [0.717, 1.165) is 11.1 Å². The zero-order valence-corrected chi connectivity index (χ0v) is 13.1. The SMILES string of the molecule is NC(Cc1cc(Cl)c(Cl)c(-c2ccc(CO)cc2)c1)C(=O)O. The smallest absolute Gasteiger partial charge is 0.320 e. The van der Waals surface area contributed by atoms with Gasteiger partial charge in [0.2, 0.25) is 0 Å². The van der Waals surface area contributed by atoms with E-state index in [9.17, 15) is 4.79 Å². The van der Waals surface area contributed by atoms with Gasteiger partial charge in [0.05, 0.1) is 16.7 Å². The molecule has 0 bridgehead atoms. The van der Waals surface area contributed by atoms with E-state index >= 15 is 0 Å². The fourth-order valence-corrected chi connectivity index (χ4v) is 2.56. The normalized spacial score (nSPS) is 12.2. The lowest BCUT2D eigenvalue weighted by Gasteiger charge is -2.12. The molecule has 0 saturated carbocycles. The zero-order valence-electron chi connectivity index (χ0n) is 11.6. The Kier molecular flexibility index (Phi) is 5.42. The monoisotopic (exact) mass is 339 g/mol. The fourth-order valence-electron chi connectivity index (χ4n) is 2.10. The summed E-state index contributed by atoms with van der Waals surface area (Å²) in [6.45, 7) is -0.0394. The van der Waals surface area contributed by atoms with Crippen LogP contribution in [-0.2, 0) is 17.8 Å². The Balaban J connectivity index is 2.41. The first-order chi connectivity index (χ1) is 10.4. The third-order valence-corrected chi connectivity index (χ3v) is 4.11. The van der Waals surface area contributed by atoms with Crippen molar-refractivity contribution in [2.75, 3.05) is 0 Å². The van der Waals surface area contributed by atoms with E-state index in [-0.39, 0.29) is 13.0 Å². The van der Waals surface area contributed by atoms with Gasteiger partial charge in [-0.3, -0.25) is 4.79 Å². The Bertz CT molecular complexity index is 687. The quantitative estimate of drug-likeness (QED) is 0.781. The first-order valence-corrected chi connectivity index (χ1v) is 7.34. The van der Waals surface area contributed by atoms with Gasteiger partial charge in [-0.1, -0.05) is 47.5 Å². The number of nitrogens with two attached hydrogens (primary N) is 1. The molecular formula is C16H15Cl2NO3. The molecule has 0 amide bonds. The Morgan fingerprint density at radius 1 is 1.14 bits per heavy atom. The second kappa shape index (κ2) is 7.11. The standard InChI is InChI=1S/C16H15Cl2NO3/c17-13-6-10(7-14(19)16(21)22)5-12(15(13)18)11-3-1-9(8-20)2-4-11/h1-6,14,20H,7-8,19H2,(H,21,22). The molecule has 0 aliphatic rings. The third kappa shape index (κ3) is 3.78. The van der Waals surface area contributed by atoms with Gasteiger partial charge in [0.15, 0.2) is 0 Å². The van der Waals surface area contributed by atoms with Crippen molar-refractivity contribution in [3.8, 4) is 11.1 Å². The molecule has 0 fully saturated rings. The molecule has 2 aromatic carbocycles. The maximum Gasteiger partial charge on any atom is 0.320 e. The highest BCUT2D eigenvalue weighted by Gasteiger charge is 2.15. The number of rotatable bonds is 5. The van der Waals surface area contributed by atoms with Gasteiger partial charge in [0.1, 0.15) is 6.04 Å². The van der Waals surface area contributed by atoms with E-state index in [1.165, 1.54) is 0 Å². The minimum atomic E-state index is -1.07. The molecule has 22 heavy (non-hydrogen) atoms. The molecule has 0 aromatic heterocycles. The van der Waals surface area contributed by atoms with Gasteiger partial charge in [-0.15, -0.1) is 0 Å². The Morgan fingerprint density at radius 3 is 2.32 bits per heavy atom. The van der Waals surface area contributed by atoms with Crippen LogP contribution in [0.5, 0.6) is 0 Å². The second-order valence-corrected chi connectivity index (χ2v) is 5.73. The fraction of sp³-hybridized carbons (Fsp3) is 0.188. The average molecular weight is 340 g/mol. The Hall–Kier alpha value is -1.59. The lowest BCUT2D eigenvalue weighted by Crippen LogP contribution is -2.32. The van der Waals surface area contributed by atoms with Crippen molar-refractivity contribution in [1.29, 1.82) is 0 Å². The van der Waals surface area contributed by atoms with Crippen molar-refractivity contribution < 1.29 is 15.0 Å². The Morgan fingerprint density at radius 2 is 1.77 bits per heavy atom. The Labute approximate surface area is 138 Å². The van der Waals surface area contributed by atoms with Crippen molar-refractivity contribution in [1.82, 2.24) is 0 Å². The van der Waals surface area contributed by atoms with Crippen LogP contribution in [0.1, 0.15) is 11.1 Å². The van der Waals surface area contributed by atoms with Gasteiger partial charge >= 0.3 is 5.97 Å². The summed E-state index contributed by atoms with van der Waals surface area (Å²) in [7, 11) is 0. The van der Waals surface area contributed by atoms with Crippen molar-refractivity contribution in [3.63, 3.8) is 0 Å². The van der Waals surface area contributed by atoms with E-state index in [2.05, 4.69) is 0 Å². The number of carbonyl (C=O) groups is 1. The molecule has 0 radical (unpaired) electrons. The van der Waals surface area contributed by atoms with Crippen LogP contribution < -0.4 is 5.73 Å². The van der Waals surface area contributed by atoms with Crippen LogP contribution in [0, 0.1) is 0 Å². The molecule has 1 atom stereocenters. The number of hydrogen-bond donors (Lipinski definition) is 3. The minimum absolute atomic E-state index is 0.0394. The maximum atomic E-state index is 10.9. The molecule has 6 heteroatoms. The van der Waals surface area contributed by atoms with Gasteiger partial charge in [-0.05, 0) is 35.2 Å². The molecule has 0 saturated heterocycles. The predicted molar refractivity (Wildman–Crippen MR) is 87.1 cm³/mol. The van der Waals surface area contributed by atoms with E-state index in [4.69, 9.17) is 39.1 Å². The predicted octanol–water partition coefficient (Wildman–Crippen LogP) is 3.11. The summed E-state index contributed by atoms with van der Waals surface area (Å²) in [4.78, 5) is 10.9. The van der Waals surface area contributed by atoms with Crippen molar-refractivity contribution in [3.05, 3.63) is 57.6 Å². The molecule has 0 aliphatic carbocycles. The molecule has 0 aliphatic heterocycles. The van der Waals surface area contributed by atoms with Crippen LogP contribution in [-0.4, -0.2) is 22.2 Å². The van der Waals surface area contributed by atoms with Crippen LogP contribution in [0.3, 0.4) is 0 Å². The lowest BCUT2D eigenvalue weighted by molar-refractivity contribution is -0.138. The van der Waals surface area contributed by atoms with E-state index < -0.39 is 12.0 Å². The third-order valence-electron chi connectivity index (χ3n) is 3.31. The minimum Gasteiger partial charge on any atom is -0.480 e. The highest BCUT2D eigenvalue weighted by molar-refractivity contribution is 6.43. The number of aliphatic hydroxyl groups excluding tert-OH is 1. The molecule has 116 valence electrons. The topological polar surface area (TPSA) is 83.5 Å². The molecule has 4 N–H and O–H groups in total. The largest absolute Gasteiger partial charge is 0.480 e. The highest BCUT2D eigenvalue weighted by Crippen LogP contribution is 2.35. The van der Waals surface area contributed by atoms with Crippen molar-refractivity contribution in [2.45, 2.75) is 19.1 Å². The number of halogens is 2. The summed E-state index contributed by atoms with van der Waals surface area (Å²) >= 11 is 12.4. The maximum absolute atomic E-state index is 10.9. The summed E-state index contributed by atoms with van der Waals surface area (Å²) < 4.78 is 0. The molecule has 2 aromatic rings. The van der Waals surface area contributed by atoms with Gasteiger partial charge in [-0.2, -0.15) is 0 Å². The summed E-state index contributed by atoms with van der Waals surface area (Å²) in [5, 5.41) is 18.7. The number of carboxylic acid groups (broad SMARTS) is 1. The average Bonchev–Trinajstić information content (AvgIpc) is 2.50. The van der Waals surface area contributed by atoms with Crippen LogP contribution in [0.2, 0.25) is 10.0 Å². The van der Waals surface area contributed by atoms with E-state index in [1.807, 2.05) is 12.1 Å². The summed E-state index contributed by atoms with van der Waals surface area (Å²) in [5.41, 5.74) is 8.58. The van der Waals surface area contributed by atoms with Crippen molar-refractivity contribution >= 4 is 29.2 Å². The molecule has 0 heterocycles. The molecule has 0 spiro atoms. The van der Waals surface area contributed by atoms with Gasteiger partial charge in [0, 0.05) is 5.56 Å². The van der Waals surface area contributed by atoms with E-state index in [0.29, 0.717) is 21.2 Å². The zero-order chi connectivity index (χ0) is 16.3. The summed E-state index contributed by atoms with van der Waals surface area (Å²) in [6, 6.07) is 9.63. The molecule has 2 rings (SSSR count).